The molecule has 2 aromatic rings. The highest BCUT2D eigenvalue weighted by Crippen LogP contribution is 2.19. The number of hydrogen-bond acceptors (Lipinski definition) is 6. The Balaban J connectivity index is 1.75. The number of rotatable bonds is 7. The third kappa shape index (κ3) is 9.38. The molecule has 1 fully saturated rings. The van der Waals surface area contributed by atoms with Crippen LogP contribution in [0.15, 0.2) is 42.5 Å². The lowest BCUT2D eigenvalue weighted by atomic mass is 10.0. The Labute approximate surface area is 242 Å². The van der Waals surface area contributed by atoms with Gasteiger partial charge in [0.05, 0.1) is 13.1 Å². The van der Waals surface area contributed by atoms with Gasteiger partial charge in [0.2, 0.25) is 11.8 Å². The smallest absolute Gasteiger partial charge is 0.410 e. The van der Waals surface area contributed by atoms with Crippen LogP contribution in [0.2, 0.25) is 0 Å². The summed E-state index contributed by atoms with van der Waals surface area (Å²) in [6, 6.07) is 9.01. The fraction of sp³-hybridized carbons (Fsp3) is 0.448. The zero-order valence-electron chi connectivity index (χ0n) is 24.0. The number of nitrogens with one attached hydrogen (secondary N) is 1. The van der Waals surface area contributed by atoms with Crippen LogP contribution < -0.4 is 5.32 Å². The van der Waals surface area contributed by atoms with E-state index in [1.54, 1.807) is 20.8 Å². The van der Waals surface area contributed by atoms with Crippen molar-refractivity contribution in [3.8, 4) is 0 Å². The van der Waals surface area contributed by atoms with Crippen LogP contribution >= 0.6 is 0 Å². The fourth-order valence-corrected chi connectivity index (χ4v) is 4.31. The van der Waals surface area contributed by atoms with Crippen LogP contribution in [-0.4, -0.2) is 76.7 Å². The standard InChI is InChI=1S/C29H35F3N4O6/c1-19(37)35-12-10-34(28(40)41-18-20-8-6-5-7-9-20)11-13-36(35)26(38)16-22(33-27(39)42-29(2,3)4)14-21-15-24(31)25(32)17-23(21)30/h5-9,15,17,22H,10-14,16,18H2,1-4H3,(H,33,39)/t22-/m1/s1. The van der Waals surface area contributed by atoms with Crippen LogP contribution in [0.4, 0.5) is 22.8 Å². The van der Waals surface area contributed by atoms with Crippen molar-refractivity contribution >= 4 is 24.0 Å². The zero-order valence-corrected chi connectivity index (χ0v) is 24.0. The molecule has 0 aromatic heterocycles. The van der Waals surface area contributed by atoms with Crippen molar-refractivity contribution in [1.29, 1.82) is 0 Å². The highest BCUT2D eigenvalue weighted by molar-refractivity contribution is 5.82. The molecule has 0 saturated carbocycles. The van der Waals surface area contributed by atoms with Crippen LogP contribution in [-0.2, 0) is 32.1 Å². The minimum Gasteiger partial charge on any atom is -0.445 e. The molecular formula is C29H35F3N4O6. The average Bonchev–Trinajstić information content (AvgIpc) is 3.13. The molecule has 1 atom stereocenters. The van der Waals surface area contributed by atoms with Gasteiger partial charge in [-0.15, -0.1) is 0 Å². The first-order chi connectivity index (χ1) is 19.7. The van der Waals surface area contributed by atoms with Crippen molar-refractivity contribution in [2.75, 3.05) is 26.2 Å². The van der Waals surface area contributed by atoms with Crippen LogP contribution in [0.5, 0.6) is 0 Å². The normalized spacial score (nSPS) is 14.6. The van der Waals surface area contributed by atoms with Crippen molar-refractivity contribution in [2.24, 2.45) is 0 Å². The lowest BCUT2D eigenvalue weighted by Gasteiger charge is -2.33. The highest BCUT2D eigenvalue weighted by atomic mass is 19.2. The quantitative estimate of drug-likeness (QED) is 0.484. The minimum atomic E-state index is -1.38. The summed E-state index contributed by atoms with van der Waals surface area (Å²) >= 11 is 0. The summed E-state index contributed by atoms with van der Waals surface area (Å²) in [5, 5.41) is 4.82. The van der Waals surface area contributed by atoms with E-state index < -0.39 is 59.5 Å². The minimum absolute atomic E-state index is 0.0104. The first kappa shape index (κ1) is 32.2. The van der Waals surface area contributed by atoms with Gasteiger partial charge < -0.3 is 19.7 Å². The van der Waals surface area contributed by atoms with E-state index in [9.17, 15) is 32.3 Å². The summed E-state index contributed by atoms with van der Waals surface area (Å²) in [6.45, 7) is 6.24. The summed E-state index contributed by atoms with van der Waals surface area (Å²) in [4.78, 5) is 52.6. The van der Waals surface area contributed by atoms with Gasteiger partial charge in [0.1, 0.15) is 18.0 Å². The van der Waals surface area contributed by atoms with E-state index in [-0.39, 0.29) is 44.8 Å². The van der Waals surface area contributed by atoms with E-state index in [4.69, 9.17) is 9.47 Å². The molecule has 0 radical (unpaired) electrons. The Kier molecular flexibility index (Phi) is 10.8. The van der Waals surface area contributed by atoms with Crippen molar-refractivity contribution in [1.82, 2.24) is 20.2 Å². The molecular weight excluding hydrogens is 557 g/mol. The van der Waals surface area contributed by atoms with Gasteiger partial charge in [0, 0.05) is 38.5 Å². The molecule has 228 valence electrons. The van der Waals surface area contributed by atoms with Crippen molar-refractivity contribution in [2.45, 2.75) is 58.8 Å². The molecule has 2 aromatic carbocycles. The number of benzene rings is 2. The molecule has 42 heavy (non-hydrogen) atoms. The van der Waals surface area contributed by atoms with Gasteiger partial charge in [-0.25, -0.2) is 32.8 Å². The first-order valence-electron chi connectivity index (χ1n) is 13.4. The fourth-order valence-electron chi connectivity index (χ4n) is 4.31. The number of hydrazine groups is 1. The van der Waals surface area contributed by atoms with Crippen molar-refractivity contribution < 1.29 is 41.8 Å². The average molecular weight is 593 g/mol. The van der Waals surface area contributed by atoms with Crippen LogP contribution in [0.25, 0.3) is 0 Å². The number of carbonyl (C=O) groups is 4. The number of hydrogen-bond donors (Lipinski definition) is 1. The van der Waals surface area contributed by atoms with Crippen molar-refractivity contribution in [3.63, 3.8) is 0 Å². The molecule has 1 N–H and O–H groups in total. The molecule has 3 rings (SSSR count). The SMILES string of the molecule is CC(=O)N1CCN(C(=O)OCc2ccccc2)CCN1C(=O)C[C@@H](Cc1cc(F)c(F)cc1F)NC(=O)OC(C)(C)C. The molecule has 0 bridgehead atoms. The summed E-state index contributed by atoms with van der Waals surface area (Å²) in [5.41, 5.74) is -0.362. The molecule has 0 aliphatic carbocycles. The summed E-state index contributed by atoms with van der Waals surface area (Å²) in [7, 11) is 0. The maximum Gasteiger partial charge on any atom is 0.410 e. The number of ether oxygens (including phenoxy) is 2. The van der Waals surface area contributed by atoms with Gasteiger partial charge in [0.25, 0.3) is 0 Å². The second kappa shape index (κ2) is 14.1. The van der Waals surface area contributed by atoms with Gasteiger partial charge in [-0.2, -0.15) is 0 Å². The van der Waals surface area contributed by atoms with E-state index in [1.165, 1.54) is 16.8 Å². The first-order valence-corrected chi connectivity index (χ1v) is 13.4. The van der Waals surface area contributed by atoms with Gasteiger partial charge >= 0.3 is 12.2 Å². The number of alkyl carbamates (subject to hydrolysis) is 1. The Bertz CT molecular complexity index is 1290. The second-order valence-electron chi connectivity index (χ2n) is 10.8. The predicted octanol–water partition coefficient (Wildman–Crippen LogP) is 4.17. The molecule has 1 heterocycles. The molecule has 0 unspecified atom stereocenters. The van der Waals surface area contributed by atoms with Gasteiger partial charge in [-0.05, 0) is 44.4 Å². The highest BCUT2D eigenvalue weighted by Gasteiger charge is 2.32. The monoisotopic (exact) mass is 592 g/mol. The molecule has 0 spiro atoms. The summed E-state index contributed by atoms with van der Waals surface area (Å²) < 4.78 is 52.5. The molecule has 13 heteroatoms. The summed E-state index contributed by atoms with van der Waals surface area (Å²) in [5.74, 6) is -4.82. The third-order valence-electron chi connectivity index (χ3n) is 6.27. The van der Waals surface area contributed by atoms with E-state index in [0.29, 0.717) is 12.1 Å². The van der Waals surface area contributed by atoms with Gasteiger partial charge in [-0.1, -0.05) is 30.3 Å². The molecule has 1 aliphatic rings. The zero-order chi connectivity index (χ0) is 31.0. The molecule has 1 saturated heterocycles. The van der Waals surface area contributed by atoms with Gasteiger partial charge in [0.15, 0.2) is 11.6 Å². The number of amides is 4. The summed E-state index contributed by atoms with van der Waals surface area (Å²) in [6.07, 6.45) is -2.34. The van der Waals surface area contributed by atoms with E-state index in [1.807, 2.05) is 30.3 Å². The Morgan fingerprint density at radius 2 is 1.52 bits per heavy atom. The molecule has 10 nitrogen and oxygen atoms in total. The van der Waals surface area contributed by atoms with E-state index in [2.05, 4.69) is 5.32 Å². The van der Waals surface area contributed by atoms with E-state index in [0.717, 1.165) is 10.6 Å². The van der Waals surface area contributed by atoms with E-state index >= 15 is 0 Å². The van der Waals surface area contributed by atoms with Crippen LogP contribution in [0, 0.1) is 17.5 Å². The van der Waals surface area contributed by atoms with Crippen molar-refractivity contribution in [3.05, 3.63) is 71.0 Å². The number of halogens is 3. The van der Waals surface area contributed by atoms with Crippen LogP contribution in [0.3, 0.4) is 0 Å². The van der Waals surface area contributed by atoms with Gasteiger partial charge in [-0.3, -0.25) is 9.59 Å². The lowest BCUT2D eigenvalue weighted by Crippen LogP contribution is -2.52. The maximum atomic E-state index is 14.5. The number of carbonyl (C=O) groups excluding carboxylic acids is 4. The second-order valence-corrected chi connectivity index (χ2v) is 10.8. The Morgan fingerprint density at radius 1 is 0.905 bits per heavy atom. The molecule has 1 aliphatic heterocycles. The number of nitrogens with zero attached hydrogens (tertiary/aromatic N) is 3. The third-order valence-corrected chi connectivity index (χ3v) is 6.27. The van der Waals surface area contributed by atoms with Crippen LogP contribution in [0.1, 0.15) is 45.2 Å². The Morgan fingerprint density at radius 3 is 2.14 bits per heavy atom. The largest absolute Gasteiger partial charge is 0.445 e. The predicted molar refractivity (Wildman–Crippen MR) is 145 cm³/mol. The Hall–Kier alpha value is -4.29. The lowest BCUT2D eigenvalue weighted by molar-refractivity contribution is -0.161. The molecule has 4 amide bonds. The topological polar surface area (TPSA) is 108 Å². The maximum absolute atomic E-state index is 14.5.